The zero-order chi connectivity index (χ0) is 20.1. The summed E-state index contributed by atoms with van der Waals surface area (Å²) in [6, 6.07) is 19.1. The lowest BCUT2D eigenvalue weighted by Gasteiger charge is -2.48. The number of hydrogen-bond acceptors (Lipinski definition) is 2. The zero-order valence-corrected chi connectivity index (χ0v) is 18.0. The summed E-state index contributed by atoms with van der Waals surface area (Å²) in [5.41, 5.74) is 7.51. The number of hydrogen-bond donors (Lipinski definition) is 2. The van der Waals surface area contributed by atoms with Gasteiger partial charge >= 0.3 is 0 Å². The summed E-state index contributed by atoms with van der Waals surface area (Å²) >= 11 is 0. The van der Waals surface area contributed by atoms with Crippen LogP contribution in [0, 0.1) is 11.8 Å². The molecule has 4 atom stereocenters. The van der Waals surface area contributed by atoms with Crippen LogP contribution in [0.15, 0.2) is 48.5 Å². The van der Waals surface area contributed by atoms with Gasteiger partial charge in [-0.1, -0.05) is 55.8 Å². The normalized spacial score (nSPS) is 28.7. The summed E-state index contributed by atoms with van der Waals surface area (Å²) in [7, 11) is 0. The maximum Gasteiger partial charge on any atom is 0.0478 e. The molecule has 2 N–H and O–H groups in total. The van der Waals surface area contributed by atoms with Gasteiger partial charge in [0, 0.05) is 41.8 Å². The highest BCUT2D eigenvalue weighted by molar-refractivity contribution is 5.85. The monoisotopic (exact) mass is 399 g/mol. The van der Waals surface area contributed by atoms with Gasteiger partial charge < -0.3 is 10.3 Å². The van der Waals surface area contributed by atoms with Crippen LogP contribution in [0.25, 0.3) is 10.9 Å². The van der Waals surface area contributed by atoms with E-state index in [9.17, 15) is 0 Å². The first-order chi connectivity index (χ1) is 14.8. The highest BCUT2D eigenvalue weighted by Crippen LogP contribution is 2.45. The summed E-state index contributed by atoms with van der Waals surface area (Å²) in [5.74, 6) is 1.58. The number of piperidine rings is 1. The minimum absolute atomic E-state index is 0.464. The Morgan fingerprint density at radius 2 is 1.87 bits per heavy atom. The van der Waals surface area contributed by atoms with Crippen molar-refractivity contribution in [1.29, 1.82) is 0 Å². The number of para-hydroxylation sites is 1. The topological polar surface area (TPSA) is 31.1 Å². The number of aromatic amines is 1. The number of fused-ring (bicyclic) bond motifs is 6. The van der Waals surface area contributed by atoms with Crippen molar-refractivity contribution < 1.29 is 0 Å². The van der Waals surface area contributed by atoms with Crippen molar-refractivity contribution in [3.63, 3.8) is 0 Å². The van der Waals surface area contributed by atoms with Gasteiger partial charge in [0.15, 0.2) is 0 Å². The molecule has 0 aliphatic carbocycles. The Labute approximate surface area is 179 Å². The van der Waals surface area contributed by atoms with E-state index in [0.717, 1.165) is 24.8 Å². The first kappa shape index (κ1) is 18.7. The molecule has 1 saturated heterocycles. The van der Waals surface area contributed by atoms with Gasteiger partial charge in [0.2, 0.25) is 0 Å². The van der Waals surface area contributed by atoms with Crippen molar-refractivity contribution in [2.45, 2.75) is 51.1 Å². The van der Waals surface area contributed by atoms with E-state index in [1.165, 1.54) is 55.4 Å². The molecule has 1 fully saturated rings. The van der Waals surface area contributed by atoms with Gasteiger partial charge in [0.05, 0.1) is 0 Å². The molecule has 0 spiro atoms. The average molecular weight is 400 g/mol. The molecule has 6 rings (SSSR count). The van der Waals surface area contributed by atoms with Crippen LogP contribution in [0.2, 0.25) is 0 Å². The fraction of sp³-hybridized carbons (Fsp3) is 0.481. The summed E-state index contributed by atoms with van der Waals surface area (Å²) in [6.45, 7) is 6.01. The van der Waals surface area contributed by atoms with Gasteiger partial charge in [-0.05, 0) is 66.8 Å². The Kier molecular flexibility index (Phi) is 4.69. The molecule has 3 aliphatic heterocycles. The standard InChI is InChI=1S/C27H33N3/c1-2-18-17-30-14-12-19-7-3-4-8-21(19)26(30)16-20(18)15-25-27-23(11-13-28-25)22-9-5-6-10-24(22)29-27/h3-10,18,20,25-26,28-29H,2,11-17H2,1H3/t18-,20-,25+,26-/m0/s1. The van der Waals surface area contributed by atoms with Crippen molar-refractivity contribution >= 4 is 10.9 Å². The second kappa shape index (κ2) is 7.55. The van der Waals surface area contributed by atoms with E-state index >= 15 is 0 Å². The smallest absolute Gasteiger partial charge is 0.0478 e. The van der Waals surface area contributed by atoms with Gasteiger partial charge in [0.1, 0.15) is 0 Å². The number of nitrogens with zero attached hydrogens (tertiary/aromatic N) is 1. The van der Waals surface area contributed by atoms with Crippen molar-refractivity contribution in [2.24, 2.45) is 11.8 Å². The first-order valence-corrected chi connectivity index (χ1v) is 12.0. The van der Waals surface area contributed by atoms with Crippen molar-refractivity contribution in [2.75, 3.05) is 19.6 Å². The van der Waals surface area contributed by atoms with Crippen molar-refractivity contribution in [1.82, 2.24) is 15.2 Å². The molecule has 0 amide bonds. The van der Waals surface area contributed by atoms with Gasteiger partial charge in [-0.3, -0.25) is 4.90 Å². The zero-order valence-electron chi connectivity index (χ0n) is 18.0. The third-order valence-corrected chi connectivity index (χ3v) is 8.21. The molecular formula is C27H33N3. The van der Waals surface area contributed by atoms with Gasteiger partial charge in [-0.2, -0.15) is 0 Å². The van der Waals surface area contributed by atoms with Crippen LogP contribution >= 0.6 is 0 Å². The summed E-state index contributed by atoms with van der Waals surface area (Å²) in [4.78, 5) is 6.57. The number of H-pyrrole nitrogens is 1. The second-order valence-corrected chi connectivity index (χ2v) is 9.68. The Bertz CT molecular complexity index is 1050. The molecule has 30 heavy (non-hydrogen) atoms. The molecule has 0 radical (unpaired) electrons. The summed E-state index contributed by atoms with van der Waals surface area (Å²) < 4.78 is 0. The minimum Gasteiger partial charge on any atom is -0.357 e. The Morgan fingerprint density at radius 3 is 2.80 bits per heavy atom. The van der Waals surface area contributed by atoms with Crippen LogP contribution in [0.1, 0.15) is 60.7 Å². The molecule has 4 heterocycles. The molecule has 3 heteroatoms. The molecule has 156 valence electrons. The summed E-state index contributed by atoms with van der Waals surface area (Å²) in [6.07, 6.45) is 6.22. The van der Waals surface area contributed by atoms with Crippen LogP contribution in [0.4, 0.5) is 0 Å². The quantitative estimate of drug-likeness (QED) is 0.619. The summed E-state index contributed by atoms with van der Waals surface area (Å²) in [5, 5.41) is 5.31. The van der Waals surface area contributed by atoms with Crippen molar-refractivity contribution in [3.8, 4) is 0 Å². The maximum absolute atomic E-state index is 3.87. The lowest BCUT2D eigenvalue weighted by Crippen LogP contribution is -2.46. The number of nitrogens with one attached hydrogen (secondary N) is 2. The lowest BCUT2D eigenvalue weighted by atomic mass is 9.73. The fourth-order valence-electron chi connectivity index (χ4n) is 6.64. The van der Waals surface area contributed by atoms with E-state index in [1.54, 1.807) is 16.7 Å². The van der Waals surface area contributed by atoms with E-state index in [-0.39, 0.29) is 0 Å². The van der Waals surface area contributed by atoms with Crippen LogP contribution in [0.3, 0.4) is 0 Å². The first-order valence-electron chi connectivity index (χ1n) is 12.0. The van der Waals surface area contributed by atoms with E-state index in [4.69, 9.17) is 0 Å². The van der Waals surface area contributed by atoms with Crippen LogP contribution in [-0.2, 0) is 12.8 Å². The number of aromatic nitrogens is 1. The van der Waals surface area contributed by atoms with E-state index in [2.05, 4.69) is 70.7 Å². The molecule has 1 aromatic heterocycles. The molecular weight excluding hydrogens is 366 g/mol. The Morgan fingerprint density at radius 1 is 1.00 bits per heavy atom. The van der Waals surface area contributed by atoms with E-state index in [1.807, 2.05) is 0 Å². The van der Waals surface area contributed by atoms with Crippen LogP contribution in [0.5, 0.6) is 0 Å². The van der Waals surface area contributed by atoms with Crippen LogP contribution < -0.4 is 5.32 Å². The molecule has 3 aliphatic rings. The van der Waals surface area contributed by atoms with E-state index in [0.29, 0.717) is 12.1 Å². The van der Waals surface area contributed by atoms with Gasteiger partial charge in [-0.15, -0.1) is 0 Å². The third-order valence-electron chi connectivity index (χ3n) is 8.21. The highest BCUT2D eigenvalue weighted by atomic mass is 15.2. The van der Waals surface area contributed by atoms with E-state index < -0.39 is 0 Å². The lowest BCUT2D eigenvalue weighted by molar-refractivity contribution is 0.0435. The molecule has 0 unspecified atom stereocenters. The molecule has 0 saturated carbocycles. The number of benzene rings is 2. The molecule has 3 aromatic rings. The second-order valence-electron chi connectivity index (χ2n) is 9.68. The SMILES string of the molecule is CC[C@H]1CN2CCc3ccccc3[C@@H]2C[C@@H]1C[C@H]1NCCc2c1[nH]c1ccccc21. The fourth-order valence-corrected chi connectivity index (χ4v) is 6.64. The van der Waals surface area contributed by atoms with Crippen LogP contribution in [-0.4, -0.2) is 29.5 Å². The third kappa shape index (κ3) is 3.02. The molecule has 0 bridgehead atoms. The average Bonchev–Trinajstić information content (AvgIpc) is 3.18. The highest BCUT2D eigenvalue weighted by Gasteiger charge is 2.39. The number of rotatable bonds is 3. The molecule has 2 aromatic carbocycles. The predicted octanol–water partition coefficient (Wildman–Crippen LogP) is 5.39. The van der Waals surface area contributed by atoms with Crippen molar-refractivity contribution in [3.05, 3.63) is 70.9 Å². The predicted molar refractivity (Wildman–Crippen MR) is 124 cm³/mol. The van der Waals surface area contributed by atoms with Gasteiger partial charge in [-0.25, -0.2) is 0 Å². The maximum atomic E-state index is 3.87. The Balaban J connectivity index is 1.30. The Hall–Kier alpha value is -2.10. The minimum atomic E-state index is 0.464. The molecule has 3 nitrogen and oxygen atoms in total. The largest absolute Gasteiger partial charge is 0.357 e. The van der Waals surface area contributed by atoms with Gasteiger partial charge in [0.25, 0.3) is 0 Å².